The third kappa shape index (κ3) is 6.50. The fourth-order valence-electron chi connectivity index (χ4n) is 6.14. The molecule has 43 heavy (non-hydrogen) atoms. The van der Waals surface area contributed by atoms with E-state index in [-0.39, 0.29) is 29.4 Å². The third-order valence-electron chi connectivity index (χ3n) is 8.35. The number of para-hydroxylation sites is 1. The number of aromatic nitrogens is 3. The minimum Gasteiger partial charge on any atom is -0.467 e. The molecular formula is C31H36N6O5S. The SMILES string of the molecule is O=C(NC1CCCCC1)C(c1ccco1)N(C(=O)Cn1nnc2ccccc21)c1ccc(S(=O)(=O)NC2CCCC2)cc1. The summed E-state index contributed by atoms with van der Waals surface area (Å²) >= 11 is 0. The molecule has 0 bridgehead atoms. The Balaban J connectivity index is 1.35. The van der Waals surface area contributed by atoms with E-state index >= 15 is 0 Å². The van der Waals surface area contributed by atoms with Crippen molar-refractivity contribution < 1.29 is 22.4 Å². The molecule has 0 radical (unpaired) electrons. The molecule has 2 fully saturated rings. The number of hydrogen-bond acceptors (Lipinski definition) is 7. The summed E-state index contributed by atoms with van der Waals surface area (Å²) in [5.74, 6) is -0.501. The molecule has 6 rings (SSSR count). The van der Waals surface area contributed by atoms with E-state index in [2.05, 4.69) is 20.4 Å². The average Bonchev–Trinajstić information content (AvgIpc) is 3.80. The van der Waals surface area contributed by atoms with Crippen LogP contribution < -0.4 is 14.9 Å². The fourth-order valence-corrected chi connectivity index (χ4v) is 7.45. The lowest BCUT2D eigenvalue weighted by atomic mass is 9.95. The molecule has 4 aromatic rings. The maximum atomic E-state index is 14.2. The molecule has 2 aromatic carbocycles. The van der Waals surface area contributed by atoms with E-state index in [1.807, 2.05) is 24.3 Å². The largest absolute Gasteiger partial charge is 0.467 e. The van der Waals surface area contributed by atoms with Gasteiger partial charge in [0.05, 0.1) is 16.7 Å². The number of nitrogens with one attached hydrogen (secondary N) is 2. The van der Waals surface area contributed by atoms with Crippen LogP contribution in [0.15, 0.2) is 76.2 Å². The van der Waals surface area contributed by atoms with Gasteiger partial charge in [-0.05, 0) is 74.2 Å². The van der Waals surface area contributed by atoms with Crippen molar-refractivity contribution in [1.82, 2.24) is 25.0 Å². The van der Waals surface area contributed by atoms with Gasteiger partial charge >= 0.3 is 0 Å². The zero-order valence-electron chi connectivity index (χ0n) is 23.9. The first-order valence-electron chi connectivity index (χ1n) is 15.0. The first-order valence-corrected chi connectivity index (χ1v) is 16.4. The van der Waals surface area contributed by atoms with E-state index in [1.165, 1.54) is 28.0 Å². The summed E-state index contributed by atoms with van der Waals surface area (Å²) in [5, 5.41) is 11.5. The standard InChI is InChI=1S/C31H36N6O5S/c38-29(21-36-27-14-7-6-13-26(27)33-35-36)37(24-16-18-25(19-17-24)43(40,41)34-23-11-4-5-12-23)30(28-15-8-20-42-28)31(39)32-22-9-2-1-3-10-22/h6-8,13-20,22-23,30,34H,1-5,9-12,21H2,(H,32,39). The first-order chi connectivity index (χ1) is 20.9. The molecule has 2 aliphatic rings. The molecule has 2 aliphatic carbocycles. The third-order valence-corrected chi connectivity index (χ3v) is 9.88. The van der Waals surface area contributed by atoms with Gasteiger partial charge in [-0.1, -0.05) is 49.5 Å². The second kappa shape index (κ2) is 12.7. The Hall–Kier alpha value is -4.03. The van der Waals surface area contributed by atoms with Crippen LogP contribution in [0.3, 0.4) is 0 Å². The van der Waals surface area contributed by atoms with Crippen molar-refractivity contribution in [2.24, 2.45) is 0 Å². The summed E-state index contributed by atoms with van der Waals surface area (Å²) in [7, 11) is -3.74. The van der Waals surface area contributed by atoms with E-state index in [9.17, 15) is 18.0 Å². The van der Waals surface area contributed by atoms with Crippen molar-refractivity contribution in [1.29, 1.82) is 0 Å². The molecule has 11 nitrogen and oxygen atoms in total. The lowest BCUT2D eigenvalue weighted by molar-refractivity contribution is -0.128. The number of furan rings is 1. The lowest BCUT2D eigenvalue weighted by Gasteiger charge is -2.32. The van der Waals surface area contributed by atoms with Crippen LogP contribution in [-0.4, -0.2) is 47.3 Å². The molecule has 1 atom stereocenters. The highest BCUT2D eigenvalue weighted by Crippen LogP contribution is 2.31. The van der Waals surface area contributed by atoms with E-state index in [1.54, 1.807) is 24.3 Å². The molecule has 2 aromatic heterocycles. The van der Waals surface area contributed by atoms with Crippen molar-refractivity contribution in [3.05, 3.63) is 72.7 Å². The van der Waals surface area contributed by atoms with Crippen molar-refractivity contribution in [3.63, 3.8) is 0 Å². The van der Waals surface area contributed by atoms with E-state index < -0.39 is 22.0 Å². The number of carbonyl (C=O) groups excluding carboxylic acids is 2. The minimum atomic E-state index is -3.74. The van der Waals surface area contributed by atoms with Gasteiger partial charge in [0.25, 0.3) is 5.91 Å². The Morgan fingerprint density at radius 2 is 1.60 bits per heavy atom. The van der Waals surface area contributed by atoms with E-state index in [4.69, 9.17) is 4.42 Å². The van der Waals surface area contributed by atoms with Gasteiger partial charge in [0.1, 0.15) is 17.8 Å². The number of fused-ring (bicyclic) bond motifs is 1. The predicted octanol–water partition coefficient (Wildman–Crippen LogP) is 4.47. The Morgan fingerprint density at radius 3 is 2.33 bits per heavy atom. The van der Waals surface area contributed by atoms with Crippen LogP contribution in [0.2, 0.25) is 0 Å². The van der Waals surface area contributed by atoms with Crippen molar-refractivity contribution >= 4 is 38.6 Å². The summed E-state index contributed by atoms with van der Waals surface area (Å²) in [6.07, 6.45) is 10.0. The van der Waals surface area contributed by atoms with Crippen molar-refractivity contribution in [2.45, 2.75) is 87.4 Å². The van der Waals surface area contributed by atoms with Crippen molar-refractivity contribution in [3.8, 4) is 0 Å². The van der Waals surface area contributed by atoms with Crippen LogP contribution in [0.1, 0.15) is 69.6 Å². The number of rotatable bonds is 10. The summed E-state index contributed by atoms with van der Waals surface area (Å²) in [4.78, 5) is 29.6. The summed E-state index contributed by atoms with van der Waals surface area (Å²) in [6, 6.07) is 15.5. The van der Waals surface area contributed by atoms with Crippen LogP contribution in [-0.2, 0) is 26.2 Å². The number of sulfonamides is 1. The summed E-state index contributed by atoms with van der Waals surface area (Å²) < 4.78 is 36.2. The summed E-state index contributed by atoms with van der Waals surface area (Å²) in [6.45, 7) is -0.197. The molecular weight excluding hydrogens is 568 g/mol. The average molecular weight is 605 g/mol. The number of benzene rings is 2. The molecule has 2 saturated carbocycles. The number of amides is 2. The highest BCUT2D eigenvalue weighted by atomic mass is 32.2. The molecule has 1 unspecified atom stereocenters. The highest BCUT2D eigenvalue weighted by molar-refractivity contribution is 7.89. The molecule has 0 aliphatic heterocycles. The minimum absolute atomic E-state index is 0.00380. The molecule has 226 valence electrons. The Kier molecular flexibility index (Phi) is 8.57. The maximum absolute atomic E-state index is 14.2. The van der Waals surface area contributed by atoms with Crippen LogP contribution in [0, 0.1) is 0 Å². The van der Waals surface area contributed by atoms with Crippen LogP contribution in [0.25, 0.3) is 11.0 Å². The first kappa shape index (κ1) is 29.1. The van der Waals surface area contributed by atoms with Crippen molar-refractivity contribution in [2.75, 3.05) is 4.90 Å². The van der Waals surface area contributed by atoms with Gasteiger partial charge in [-0.25, -0.2) is 17.8 Å². The fraction of sp³-hybridized carbons (Fsp3) is 0.419. The van der Waals surface area contributed by atoms with Gasteiger partial charge in [0.2, 0.25) is 15.9 Å². The highest BCUT2D eigenvalue weighted by Gasteiger charge is 2.36. The van der Waals surface area contributed by atoms with E-state index in [0.717, 1.165) is 57.8 Å². The number of anilines is 1. The normalized spacial score (nSPS) is 17.2. The lowest BCUT2D eigenvalue weighted by Crippen LogP contribution is -2.48. The molecule has 2 heterocycles. The van der Waals surface area contributed by atoms with Gasteiger partial charge in [0, 0.05) is 17.8 Å². The van der Waals surface area contributed by atoms with Gasteiger partial charge < -0.3 is 9.73 Å². The smallest absolute Gasteiger partial charge is 0.251 e. The maximum Gasteiger partial charge on any atom is 0.251 e. The second-order valence-electron chi connectivity index (χ2n) is 11.4. The number of carbonyl (C=O) groups is 2. The van der Waals surface area contributed by atoms with Crippen LogP contribution in [0.5, 0.6) is 0 Å². The number of nitrogens with zero attached hydrogens (tertiary/aromatic N) is 4. The Morgan fingerprint density at radius 1 is 0.907 bits per heavy atom. The second-order valence-corrected chi connectivity index (χ2v) is 13.1. The summed E-state index contributed by atoms with van der Waals surface area (Å²) in [5.41, 5.74) is 1.68. The molecule has 2 amide bonds. The van der Waals surface area contributed by atoms with Crippen LogP contribution in [0.4, 0.5) is 5.69 Å². The van der Waals surface area contributed by atoms with E-state index in [0.29, 0.717) is 22.5 Å². The Bertz CT molecular complexity index is 1660. The van der Waals surface area contributed by atoms with Gasteiger partial charge in [-0.15, -0.1) is 5.10 Å². The molecule has 2 N–H and O–H groups in total. The monoisotopic (exact) mass is 604 g/mol. The quantitative estimate of drug-likeness (QED) is 0.272. The Labute approximate surface area is 250 Å². The zero-order chi connectivity index (χ0) is 29.8. The van der Waals surface area contributed by atoms with Crippen LogP contribution >= 0.6 is 0 Å². The number of hydrogen-bond donors (Lipinski definition) is 2. The molecule has 12 heteroatoms. The zero-order valence-corrected chi connectivity index (χ0v) is 24.7. The van der Waals surface area contributed by atoms with Gasteiger partial charge in [-0.2, -0.15) is 0 Å². The predicted molar refractivity (Wildman–Crippen MR) is 160 cm³/mol. The van der Waals surface area contributed by atoms with Gasteiger partial charge in [0.15, 0.2) is 6.04 Å². The van der Waals surface area contributed by atoms with Gasteiger partial charge in [-0.3, -0.25) is 14.5 Å². The topological polar surface area (TPSA) is 139 Å². The molecule has 0 spiro atoms. The molecule has 0 saturated heterocycles.